The van der Waals surface area contributed by atoms with Crippen LogP contribution in [0.4, 0.5) is 0 Å². The molecule has 0 amide bonds. The number of aliphatic hydroxyl groups is 1. The van der Waals surface area contributed by atoms with E-state index < -0.39 is 5.60 Å². The van der Waals surface area contributed by atoms with Gasteiger partial charge in [0.1, 0.15) is 5.78 Å². The van der Waals surface area contributed by atoms with E-state index in [1.807, 2.05) is 11.9 Å². The van der Waals surface area contributed by atoms with Gasteiger partial charge in [-0.1, -0.05) is 12.8 Å². The third kappa shape index (κ3) is 4.76. The first-order chi connectivity index (χ1) is 6.88. The molecule has 3 heteroatoms. The first-order valence-corrected chi connectivity index (χ1v) is 5.82. The van der Waals surface area contributed by atoms with Gasteiger partial charge in [-0.15, -0.1) is 0 Å². The SMILES string of the molecule is CN(CC(=O)C1CCCC1)CC(C)(C)O. The molecule has 0 bridgehead atoms. The van der Waals surface area contributed by atoms with Gasteiger partial charge in [-0.05, 0) is 33.7 Å². The lowest BCUT2D eigenvalue weighted by Gasteiger charge is -2.25. The zero-order valence-corrected chi connectivity index (χ0v) is 10.1. The highest BCUT2D eigenvalue weighted by molar-refractivity contribution is 5.83. The summed E-state index contributed by atoms with van der Waals surface area (Å²) in [5, 5.41) is 9.61. The minimum atomic E-state index is -0.718. The average molecular weight is 213 g/mol. The maximum absolute atomic E-state index is 11.8. The van der Waals surface area contributed by atoms with Crippen LogP contribution in [-0.4, -0.2) is 41.5 Å². The first kappa shape index (κ1) is 12.7. The van der Waals surface area contributed by atoms with Crippen LogP contribution in [0.5, 0.6) is 0 Å². The Hall–Kier alpha value is -0.410. The van der Waals surface area contributed by atoms with Crippen molar-refractivity contribution in [2.24, 2.45) is 5.92 Å². The summed E-state index contributed by atoms with van der Waals surface area (Å²) >= 11 is 0. The van der Waals surface area contributed by atoms with Crippen molar-refractivity contribution in [1.29, 1.82) is 0 Å². The van der Waals surface area contributed by atoms with Crippen LogP contribution in [0.25, 0.3) is 0 Å². The summed E-state index contributed by atoms with van der Waals surface area (Å²) in [4.78, 5) is 13.7. The molecular weight excluding hydrogens is 190 g/mol. The Labute approximate surface area is 92.5 Å². The second-order valence-corrected chi connectivity index (χ2v) is 5.43. The fraction of sp³-hybridized carbons (Fsp3) is 0.917. The van der Waals surface area contributed by atoms with Crippen LogP contribution in [-0.2, 0) is 4.79 Å². The summed E-state index contributed by atoms with van der Waals surface area (Å²) in [6.07, 6.45) is 4.53. The summed E-state index contributed by atoms with van der Waals surface area (Å²) < 4.78 is 0. The number of likely N-dealkylation sites (N-methyl/N-ethyl adjacent to an activating group) is 1. The van der Waals surface area contributed by atoms with Crippen LogP contribution in [0.15, 0.2) is 0 Å². The van der Waals surface area contributed by atoms with Crippen LogP contribution < -0.4 is 0 Å². The maximum Gasteiger partial charge on any atom is 0.149 e. The molecule has 0 spiro atoms. The quantitative estimate of drug-likeness (QED) is 0.751. The van der Waals surface area contributed by atoms with Gasteiger partial charge in [-0.2, -0.15) is 0 Å². The molecule has 0 saturated heterocycles. The summed E-state index contributed by atoms with van der Waals surface area (Å²) in [6, 6.07) is 0. The van der Waals surface area contributed by atoms with Gasteiger partial charge < -0.3 is 5.11 Å². The lowest BCUT2D eigenvalue weighted by Crippen LogP contribution is -2.39. The van der Waals surface area contributed by atoms with E-state index in [2.05, 4.69) is 0 Å². The van der Waals surface area contributed by atoms with Crippen molar-refractivity contribution in [1.82, 2.24) is 4.90 Å². The molecule has 1 saturated carbocycles. The third-order valence-corrected chi connectivity index (χ3v) is 2.89. The van der Waals surface area contributed by atoms with E-state index in [4.69, 9.17) is 0 Å². The van der Waals surface area contributed by atoms with Gasteiger partial charge in [-0.3, -0.25) is 9.69 Å². The topological polar surface area (TPSA) is 40.5 Å². The van der Waals surface area contributed by atoms with E-state index in [-0.39, 0.29) is 5.92 Å². The number of carbonyl (C=O) groups is 1. The molecule has 15 heavy (non-hydrogen) atoms. The van der Waals surface area contributed by atoms with E-state index >= 15 is 0 Å². The van der Waals surface area contributed by atoms with Gasteiger partial charge in [0, 0.05) is 12.5 Å². The molecule has 1 aliphatic rings. The van der Waals surface area contributed by atoms with Crippen molar-refractivity contribution >= 4 is 5.78 Å². The average Bonchev–Trinajstić information content (AvgIpc) is 2.50. The lowest BCUT2D eigenvalue weighted by atomic mass is 10.0. The van der Waals surface area contributed by atoms with Crippen LogP contribution >= 0.6 is 0 Å². The molecule has 0 atom stereocenters. The van der Waals surface area contributed by atoms with Gasteiger partial charge in [0.15, 0.2) is 0 Å². The standard InChI is InChI=1S/C12H23NO2/c1-12(2,15)9-13(3)8-11(14)10-6-4-5-7-10/h10,15H,4-9H2,1-3H3. The number of nitrogens with zero attached hydrogens (tertiary/aromatic N) is 1. The summed E-state index contributed by atoms with van der Waals surface area (Å²) in [6.45, 7) is 4.56. The maximum atomic E-state index is 11.8. The Balaban J connectivity index is 2.30. The molecule has 1 fully saturated rings. The molecule has 0 aromatic carbocycles. The zero-order chi connectivity index (χ0) is 11.5. The molecule has 88 valence electrons. The largest absolute Gasteiger partial charge is 0.389 e. The Morgan fingerprint density at radius 1 is 1.40 bits per heavy atom. The predicted octanol–water partition coefficient (Wildman–Crippen LogP) is 1.45. The van der Waals surface area contributed by atoms with Crippen LogP contribution in [0.2, 0.25) is 0 Å². The first-order valence-electron chi connectivity index (χ1n) is 5.82. The van der Waals surface area contributed by atoms with Gasteiger partial charge in [0.2, 0.25) is 0 Å². The van der Waals surface area contributed by atoms with Crippen molar-refractivity contribution in [2.75, 3.05) is 20.1 Å². The Morgan fingerprint density at radius 3 is 2.40 bits per heavy atom. The van der Waals surface area contributed by atoms with E-state index in [0.717, 1.165) is 12.8 Å². The number of hydrogen-bond acceptors (Lipinski definition) is 3. The molecule has 3 nitrogen and oxygen atoms in total. The molecule has 0 heterocycles. The fourth-order valence-electron chi connectivity index (χ4n) is 2.36. The van der Waals surface area contributed by atoms with Gasteiger partial charge >= 0.3 is 0 Å². The number of hydrogen-bond donors (Lipinski definition) is 1. The highest BCUT2D eigenvalue weighted by atomic mass is 16.3. The molecule has 1 aliphatic carbocycles. The van der Waals surface area contributed by atoms with Gasteiger partial charge in [-0.25, -0.2) is 0 Å². The molecule has 1 N–H and O–H groups in total. The van der Waals surface area contributed by atoms with Crippen LogP contribution in [0, 0.1) is 5.92 Å². The normalized spacial score (nSPS) is 18.7. The molecule has 0 aromatic rings. The van der Waals surface area contributed by atoms with E-state index in [1.54, 1.807) is 13.8 Å². The highest BCUT2D eigenvalue weighted by Gasteiger charge is 2.24. The Kier molecular flexibility index (Phi) is 4.29. The summed E-state index contributed by atoms with van der Waals surface area (Å²) in [7, 11) is 1.89. The Bertz CT molecular complexity index is 214. The van der Waals surface area contributed by atoms with Crippen LogP contribution in [0.3, 0.4) is 0 Å². The van der Waals surface area contributed by atoms with E-state index in [1.165, 1.54) is 12.8 Å². The number of carbonyl (C=O) groups excluding carboxylic acids is 1. The molecule has 0 aromatic heterocycles. The number of Topliss-reactive ketones (excluding diaryl/α,β-unsaturated/α-hetero) is 1. The van der Waals surface area contributed by atoms with Crippen molar-refractivity contribution in [2.45, 2.75) is 45.1 Å². The fourth-order valence-corrected chi connectivity index (χ4v) is 2.36. The number of rotatable bonds is 5. The number of ketones is 1. The van der Waals surface area contributed by atoms with Crippen molar-refractivity contribution < 1.29 is 9.90 Å². The minimum Gasteiger partial charge on any atom is -0.389 e. The molecule has 0 radical (unpaired) electrons. The molecule has 1 rings (SSSR count). The zero-order valence-electron chi connectivity index (χ0n) is 10.1. The third-order valence-electron chi connectivity index (χ3n) is 2.89. The van der Waals surface area contributed by atoms with Crippen molar-refractivity contribution in [3.05, 3.63) is 0 Å². The summed E-state index contributed by atoms with van der Waals surface area (Å²) in [5.74, 6) is 0.633. The van der Waals surface area contributed by atoms with Crippen molar-refractivity contribution in [3.63, 3.8) is 0 Å². The predicted molar refractivity (Wildman–Crippen MR) is 60.8 cm³/mol. The lowest BCUT2D eigenvalue weighted by molar-refractivity contribution is -0.124. The Morgan fingerprint density at radius 2 is 1.93 bits per heavy atom. The second kappa shape index (κ2) is 5.08. The van der Waals surface area contributed by atoms with Gasteiger partial charge in [0.25, 0.3) is 0 Å². The summed E-state index contributed by atoms with van der Waals surface area (Å²) in [5.41, 5.74) is -0.718. The molecular formula is C12H23NO2. The smallest absolute Gasteiger partial charge is 0.149 e. The minimum absolute atomic E-state index is 0.286. The molecule has 0 unspecified atom stereocenters. The monoisotopic (exact) mass is 213 g/mol. The van der Waals surface area contributed by atoms with E-state index in [9.17, 15) is 9.90 Å². The highest BCUT2D eigenvalue weighted by Crippen LogP contribution is 2.25. The van der Waals surface area contributed by atoms with Crippen LogP contribution in [0.1, 0.15) is 39.5 Å². The van der Waals surface area contributed by atoms with Crippen molar-refractivity contribution in [3.8, 4) is 0 Å². The van der Waals surface area contributed by atoms with Gasteiger partial charge in [0.05, 0.1) is 12.1 Å². The van der Waals surface area contributed by atoms with E-state index in [0.29, 0.717) is 18.9 Å². The second-order valence-electron chi connectivity index (χ2n) is 5.43. The molecule has 0 aliphatic heterocycles.